The van der Waals surface area contributed by atoms with Gasteiger partial charge in [0.05, 0.1) is 34.9 Å². The number of benzene rings is 5. The molecule has 0 radical (unpaired) electrons. The van der Waals surface area contributed by atoms with Crippen molar-refractivity contribution in [3.63, 3.8) is 0 Å². The molecule has 1 fully saturated rings. The van der Waals surface area contributed by atoms with Crippen molar-refractivity contribution in [3.8, 4) is 0 Å². The highest BCUT2D eigenvalue weighted by Crippen LogP contribution is 2.45. The quantitative estimate of drug-likeness (QED) is 0.0899. The number of carbonyl (C=O) groups excluding carboxylic acids is 5. The van der Waals surface area contributed by atoms with Crippen LogP contribution in [0.3, 0.4) is 0 Å². The van der Waals surface area contributed by atoms with Crippen LogP contribution in [0.4, 0.5) is 0 Å². The van der Waals surface area contributed by atoms with Gasteiger partial charge in [0.1, 0.15) is 23.7 Å². The first kappa shape index (κ1) is 41.4. The Hall–Kier alpha value is -6.28. The molecule has 1 unspecified atom stereocenters. The molecular weight excluding hydrogens is 763 g/mol. The van der Waals surface area contributed by atoms with Crippen molar-refractivity contribution in [2.45, 2.75) is 53.6 Å². The molecule has 1 amide bonds. The van der Waals surface area contributed by atoms with Crippen LogP contribution >= 0.6 is 11.8 Å². The Morgan fingerprint density at radius 1 is 0.672 bits per heavy atom. The first-order valence-electron chi connectivity index (χ1n) is 18.4. The lowest BCUT2D eigenvalue weighted by molar-refractivity contribution is -0.201. The summed E-state index contributed by atoms with van der Waals surface area (Å²) in [6.07, 6.45) is -6.18. The zero-order valence-corrected chi connectivity index (χ0v) is 32.2. The number of rotatable bonds is 15. The minimum absolute atomic E-state index is 0.118. The lowest BCUT2D eigenvalue weighted by Gasteiger charge is -2.49. The molecule has 0 bridgehead atoms. The van der Waals surface area contributed by atoms with Crippen LogP contribution in [0.1, 0.15) is 54.8 Å². The van der Waals surface area contributed by atoms with Crippen molar-refractivity contribution in [2.75, 3.05) is 13.2 Å². The normalized spacial score (nSPS) is 19.7. The third-order valence-electron chi connectivity index (χ3n) is 9.14. The third kappa shape index (κ3) is 10.8. The molecule has 0 spiro atoms. The summed E-state index contributed by atoms with van der Waals surface area (Å²) < 4.78 is 31.0. The fraction of sp³-hybridized carbons (Fsp3) is 0.222. The summed E-state index contributed by atoms with van der Waals surface area (Å²) in [5.41, 5.74) is 0.668. The van der Waals surface area contributed by atoms with Gasteiger partial charge in [-0.25, -0.2) is 19.2 Å². The largest absolute Gasteiger partial charge is 0.458 e. The van der Waals surface area contributed by atoms with Gasteiger partial charge in [0.25, 0.3) is 0 Å². The van der Waals surface area contributed by atoms with Crippen molar-refractivity contribution in [1.82, 2.24) is 5.32 Å². The highest BCUT2D eigenvalue weighted by molar-refractivity contribution is 8.00. The van der Waals surface area contributed by atoms with E-state index < -0.39 is 78.4 Å². The molecule has 0 saturated carbocycles. The van der Waals surface area contributed by atoms with Gasteiger partial charge in [0.15, 0.2) is 12.2 Å². The van der Waals surface area contributed by atoms with E-state index in [1.165, 1.54) is 31.2 Å². The van der Waals surface area contributed by atoms with E-state index in [2.05, 4.69) is 5.32 Å². The maximum Gasteiger partial charge on any atom is 0.338 e. The summed E-state index contributed by atoms with van der Waals surface area (Å²) in [5.74, 6) is -3.79. The van der Waals surface area contributed by atoms with Crippen molar-refractivity contribution in [2.24, 2.45) is 0 Å². The van der Waals surface area contributed by atoms with Gasteiger partial charge >= 0.3 is 23.9 Å². The molecule has 1 saturated heterocycles. The Morgan fingerprint density at radius 3 is 1.60 bits per heavy atom. The number of carbonyl (C=O) groups is 5. The van der Waals surface area contributed by atoms with E-state index in [1.807, 2.05) is 6.07 Å². The van der Waals surface area contributed by atoms with Gasteiger partial charge in [-0.15, -0.1) is 0 Å². The van der Waals surface area contributed by atoms with Crippen LogP contribution < -0.4 is 5.32 Å². The molecule has 298 valence electrons. The number of amides is 1. The first-order valence-corrected chi connectivity index (χ1v) is 19.3. The van der Waals surface area contributed by atoms with Crippen molar-refractivity contribution in [1.29, 1.82) is 0 Å². The van der Waals surface area contributed by atoms with Gasteiger partial charge < -0.3 is 34.1 Å². The average Bonchev–Trinajstić information content (AvgIpc) is 3.26. The first-order chi connectivity index (χ1) is 28.1. The maximum absolute atomic E-state index is 14.1. The van der Waals surface area contributed by atoms with E-state index in [0.29, 0.717) is 4.90 Å². The Bertz CT molecular complexity index is 2140. The zero-order chi connectivity index (χ0) is 40.9. The molecule has 6 rings (SSSR count). The molecule has 13 heteroatoms. The molecule has 0 aromatic heterocycles. The van der Waals surface area contributed by atoms with E-state index in [0.717, 1.165) is 11.8 Å². The topological polar surface area (TPSA) is 164 Å². The molecule has 1 heterocycles. The Labute approximate surface area is 339 Å². The number of aliphatic hydroxyl groups excluding tert-OH is 1. The Balaban J connectivity index is 1.48. The van der Waals surface area contributed by atoms with Crippen molar-refractivity contribution >= 4 is 41.5 Å². The summed E-state index contributed by atoms with van der Waals surface area (Å²) in [6.45, 7) is -0.0521. The van der Waals surface area contributed by atoms with E-state index >= 15 is 0 Å². The highest BCUT2D eigenvalue weighted by Gasteiger charge is 2.55. The van der Waals surface area contributed by atoms with Gasteiger partial charge in [0, 0.05) is 18.2 Å². The number of esters is 4. The van der Waals surface area contributed by atoms with Crippen LogP contribution in [0.2, 0.25) is 0 Å². The zero-order valence-electron chi connectivity index (χ0n) is 31.4. The number of thioether (sulfide) groups is 1. The lowest BCUT2D eigenvalue weighted by atomic mass is 9.89. The second-order valence-electron chi connectivity index (χ2n) is 13.3. The molecule has 1 aliphatic heterocycles. The molecule has 5 aromatic rings. The number of ether oxygens (including phenoxy) is 5. The van der Waals surface area contributed by atoms with Crippen LogP contribution in [-0.2, 0) is 28.5 Å². The van der Waals surface area contributed by atoms with Gasteiger partial charge in [-0.1, -0.05) is 103 Å². The van der Waals surface area contributed by atoms with Gasteiger partial charge in [-0.3, -0.25) is 4.79 Å². The van der Waals surface area contributed by atoms with Crippen LogP contribution in [0.15, 0.2) is 157 Å². The molecule has 12 nitrogen and oxygen atoms in total. The molecule has 1 aliphatic rings. The molecule has 58 heavy (non-hydrogen) atoms. The minimum Gasteiger partial charge on any atom is -0.458 e. The molecular formula is C45H41NO11S. The predicted molar refractivity (Wildman–Crippen MR) is 213 cm³/mol. The summed E-state index contributed by atoms with van der Waals surface area (Å²) in [6, 6.07) is 40.0. The van der Waals surface area contributed by atoms with E-state index in [9.17, 15) is 29.1 Å². The second-order valence-corrected chi connectivity index (χ2v) is 14.7. The van der Waals surface area contributed by atoms with Crippen molar-refractivity contribution in [3.05, 3.63) is 174 Å². The molecule has 0 aliphatic carbocycles. The van der Waals surface area contributed by atoms with Crippen LogP contribution in [-0.4, -0.2) is 83.5 Å². The number of hydrogen-bond donors (Lipinski definition) is 2. The smallest absolute Gasteiger partial charge is 0.338 e. The summed E-state index contributed by atoms with van der Waals surface area (Å²) in [7, 11) is 0. The van der Waals surface area contributed by atoms with Crippen LogP contribution in [0.5, 0.6) is 0 Å². The fourth-order valence-corrected chi connectivity index (χ4v) is 7.60. The summed E-state index contributed by atoms with van der Waals surface area (Å²) in [5, 5.41) is 14.0. The van der Waals surface area contributed by atoms with Gasteiger partial charge in [-0.2, -0.15) is 0 Å². The monoisotopic (exact) mass is 803 g/mol. The second kappa shape index (κ2) is 19.7. The fourth-order valence-electron chi connectivity index (χ4n) is 6.40. The predicted octanol–water partition coefficient (Wildman–Crippen LogP) is 6.29. The summed E-state index contributed by atoms with van der Waals surface area (Å²) in [4.78, 5) is 67.1. The number of nitrogens with one attached hydrogen (secondary N) is 1. The maximum atomic E-state index is 14.1. The average molecular weight is 804 g/mol. The van der Waals surface area contributed by atoms with Gasteiger partial charge in [0.2, 0.25) is 5.91 Å². The van der Waals surface area contributed by atoms with E-state index in [-0.39, 0.29) is 28.7 Å². The Kier molecular flexibility index (Phi) is 14.1. The molecule has 2 N–H and O–H groups in total. The lowest BCUT2D eigenvalue weighted by Crippen LogP contribution is -2.67. The summed E-state index contributed by atoms with van der Waals surface area (Å²) >= 11 is 1.12. The number of aliphatic hydroxyl groups is 1. The number of hydrogen-bond acceptors (Lipinski definition) is 12. The van der Waals surface area contributed by atoms with Gasteiger partial charge in [-0.05, 0) is 60.7 Å². The third-order valence-corrected chi connectivity index (χ3v) is 10.4. The minimum atomic E-state index is -1.68. The standard InChI is InChI=1S/C45H41NO11S/c1-30(48)46-38-36(54-42(50)32-19-9-3-10-20-32)27-45(29-47,58-35-25-15-6-16-26-35)57-40(38)39(56-44(52)34-23-13-5-14-24-34)37(55-43(51)33-21-11-4-12-22-33)28-53-41(49)31-17-7-2-8-18-31/h2-26,36-40,47H,27-29H2,1H3,(H,46,48)/t36-,37+,38+,39+,40+,45?/m0/s1. The van der Waals surface area contributed by atoms with E-state index in [1.54, 1.807) is 121 Å². The molecule has 5 aromatic carbocycles. The van der Waals surface area contributed by atoms with Crippen LogP contribution in [0.25, 0.3) is 0 Å². The van der Waals surface area contributed by atoms with Crippen LogP contribution in [0, 0.1) is 0 Å². The Morgan fingerprint density at radius 2 is 1.12 bits per heavy atom. The van der Waals surface area contributed by atoms with Crippen molar-refractivity contribution < 1.29 is 52.8 Å². The SMILES string of the molecule is CC(=O)N[C@H]1[C@H]([C@H](OC(=O)c2ccccc2)[C@@H](COC(=O)c2ccccc2)OC(=O)c2ccccc2)OC(CO)(Sc2ccccc2)C[C@@H]1OC(=O)c1ccccc1. The highest BCUT2D eigenvalue weighted by atomic mass is 32.2. The molecule has 6 atom stereocenters. The van der Waals surface area contributed by atoms with E-state index in [4.69, 9.17) is 23.7 Å².